The van der Waals surface area contributed by atoms with Crippen molar-refractivity contribution in [1.82, 2.24) is 4.90 Å². The average molecular weight is 477 g/mol. The van der Waals surface area contributed by atoms with E-state index < -0.39 is 25.8 Å². The maximum atomic E-state index is 13.5. The van der Waals surface area contributed by atoms with Crippen molar-refractivity contribution in [2.75, 3.05) is 43.5 Å². The Bertz CT molecular complexity index is 1140. The predicted molar refractivity (Wildman–Crippen MR) is 119 cm³/mol. The van der Waals surface area contributed by atoms with E-state index in [1.165, 1.54) is 36.4 Å². The number of amides is 2. The second-order valence-electron chi connectivity index (χ2n) is 7.34. The molecule has 1 radical (unpaired) electrons. The number of carbonyl (C=O) groups excluding carboxylic acids is 1. The van der Waals surface area contributed by atoms with Crippen LogP contribution in [-0.4, -0.2) is 60.2 Å². The minimum absolute atomic E-state index is 0.00805. The topological polar surface area (TPSA) is 94.5 Å². The van der Waals surface area contributed by atoms with Gasteiger partial charge in [-0.25, -0.2) is 0 Å². The number of morpholine rings is 1. The molecule has 1 unspecified atom stereocenters. The fourth-order valence-electron chi connectivity index (χ4n) is 3.27. The monoisotopic (exact) mass is 477 g/mol. The van der Waals surface area contributed by atoms with Gasteiger partial charge in [-0.3, -0.25) is 0 Å². The number of nitrogens with one attached hydrogen (secondary N) is 2. The molecule has 33 heavy (non-hydrogen) atoms. The Balaban J connectivity index is 1.79. The number of alkyl halides is 3. The molecule has 3 rings (SSSR count). The second kappa shape index (κ2) is 10.4. The fourth-order valence-corrected chi connectivity index (χ4v) is 4.38. The number of anilines is 2. The Morgan fingerprint density at radius 3 is 2.33 bits per heavy atom. The molecule has 1 aliphatic heterocycles. The average Bonchev–Trinajstić information content (AvgIpc) is 2.78. The van der Waals surface area contributed by atoms with Crippen molar-refractivity contribution < 1.29 is 26.9 Å². The van der Waals surface area contributed by atoms with Gasteiger partial charge in [0.1, 0.15) is 0 Å². The Morgan fingerprint density at radius 1 is 1.12 bits per heavy atom. The Labute approximate surface area is 190 Å². The summed E-state index contributed by atoms with van der Waals surface area (Å²) < 4.78 is 58.3. The first-order valence-corrected chi connectivity index (χ1v) is 11.6. The van der Waals surface area contributed by atoms with Gasteiger partial charge in [0.15, 0.2) is 0 Å². The Kier molecular flexibility index (Phi) is 7.78. The van der Waals surface area contributed by atoms with E-state index in [4.69, 9.17) is 16.7 Å². The SMILES string of the molecule is [B]=S(=O)(c1cc(NC(=O)Nc2ccc(C#N)cc2)ccc1CCN1CCOCC1)C(F)(F)F. The summed E-state index contributed by atoms with van der Waals surface area (Å²) in [5, 5.41) is 13.8. The summed E-state index contributed by atoms with van der Waals surface area (Å²) in [7, 11) is -4.88. The van der Waals surface area contributed by atoms with Gasteiger partial charge in [0.2, 0.25) is 0 Å². The third kappa shape index (κ3) is 6.34. The van der Waals surface area contributed by atoms with Gasteiger partial charge in [0.25, 0.3) is 0 Å². The number of benzene rings is 2. The number of carbonyl (C=O) groups is 1. The van der Waals surface area contributed by atoms with E-state index in [0.29, 0.717) is 44.1 Å². The first-order chi connectivity index (χ1) is 15.6. The third-order valence-corrected chi connectivity index (χ3v) is 6.79. The molecule has 173 valence electrons. The normalized spacial score (nSPS) is 16.4. The first-order valence-electron chi connectivity index (χ1n) is 9.99. The molecule has 1 aliphatic rings. The van der Waals surface area contributed by atoms with Gasteiger partial charge >= 0.3 is 185 Å². The molecular formula is C21H21BF3N4O3S. The molecule has 7 nitrogen and oxygen atoms in total. The summed E-state index contributed by atoms with van der Waals surface area (Å²) in [4.78, 5) is 13.8. The zero-order valence-corrected chi connectivity index (χ0v) is 18.3. The molecule has 1 fully saturated rings. The van der Waals surface area contributed by atoms with Crippen molar-refractivity contribution in [3.05, 3.63) is 53.6 Å². The van der Waals surface area contributed by atoms with Crippen LogP contribution in [0.1, 0.15) is 11.1 Å². The molecule has 2 aromatic carbocycles. The van der Waals surface area contributed by atoms with E-state index in [2.05, 4.69) is 10.6 Å². The van der Waals surface area contributed by atoms with Gasteiger partial charge in [-0.05, 0) is 0 Å². The molecule has 12 heteroatoms. The van der Waals surface area contributed by atoms with Crippen LogP contribution in [0.5, 0.6) is 0 Å². The number of nitriles is 1. The van der Waals surface area contributed by atoms with Gasteiger partial charge in [0, 0.05) is 0 Å². The van der Waals surface area contributed by atoms with Crippen LogP contribution in [0.15, 0.2) is 47.4 Å². The summed E-state index contributed by atoms with van der Waals surface area (Å²) in [5.74, 6) is 0. The Morgan fingerprint density at radius 2 is 1.73 bits per heavy atom. The quantitative estimate of drug-likeness (QED) is 0.623. The fraction of sp³-hybridized carbons (Fsp3) is 0.333. The van der Waals surface area contributed by atoms with Crippen molar-refractivity contribution in [2.24, 2.45) is 0 Å². The Hall–Kier alpha value is -2.88. The van der Waals surface area contributed by atoms with Crippen molar-refractivity contribution in [2.45, 2.75) is 16.8 Å². The summed E-state index contributed by atoms with van der Waals surface area (Å²) in [5.41, 5.74) is -4.16. The number of nitrogens with zero attached hydrogens (tertiary/aromatic N) is 2. The van der Waals surface area contributed by atoms with Crippen LogP contribution in [0.25, 0.3) is 0 Å². The number of hydrogen-bond acceptors (Lipinski definition) is 5. The van der Waals surface area contributed by atoms with Crippen molar-refractivity contribution in [1.29, 1.82) is 5.26 Å². The maximum absolute atomic E-state index is 13.5. The standard InChI is InChI=1S/C21H21BF3N4O3S/c22-33(31,21(23,24)25)19-13-18(6-3-16(19)7-8-29-9-11-32-12-10-29)28-20(30)27-17-4-1-15(14-26)2-5-17/h1-6,13H,7-12H2,(H2,27,28,30). The number of urea groups is 1. The molecule has 0 bridgehead atoms. The zero-order valence-electron chi connectivity index (χ0n) is 17.5. The molecule has 0 aliphatic carbocycles. The summed E-state index contributed by atoms with van der Waals surface area (Å²) >= 11 is 0. The molecule has 2 N–H and O–H groups in total. The molecule has 2 aromatic rings. The van der Waals surface area contributed by atoms with Crippen molar-refractivity contribution >= 4 is 33.5 Å². The van der Waals surface area contributed by atoms with Crippen molar-refractivity contribution in [3.8, 4) is 6.07 Å². The molecule has 0 saturated carbocycles. The zero-order chi connectivity index (χ0) is 24.1. The molecule has 1 atom stereocenters. The van der Waals surface area contributed by atoms with Crippen LogP contribution in [0.3, 0.4) is 0 Å². The van der Waals surface area contributed by atoms with Crippen molar-refractivity contribution in [3.63, 3.8) is 0 Å². The first kappa shape index (κ1) is 24.8. The van der Waals surface area contributed by atoms with Crippen LogP contribution >= 0.6 is 0 Å². The van der Waals surface area contributed by atoms with Crippen LogP contribution in [0, 0.1) is 11.3 Å². The number of rotatable bonds is 6. The molecule has 0 aromatic heterocycles. The van der Waals surface area contributed by atoms with E-state index in [0.717, 1.165) is 6.07 Å². The molecular weight excluding hydrogens is 456 g/mol. The molecule has 1 heterocycles. The molecule has 0 spiro atoms. The summed E-state index contributed by atoms with van der Waals surface area (Å²) in [6.45, 7) is 8.14. The number of halogens is 3. The number of ether oxygens (including phenoxy) is 1. The van der Waals surface area contributed by atoms with E-state index in [9.17, 15) is 22.2 Å². The van der Waals surface area contributed by atoms with Gasteiger partial charge in [0.05, 0.1) is 0 Å². The van der Waals surface area contributed by atoms with E-state index in [1.807, 2.05) is 11.0 Å². The summed E-state index contributed by atoms with van der Waals surface area (Å²) in [6, 6.07) is 11.1. The van der Waals surface area contributed by atoms with Gasteiger partial charge in [-0.1, -0.05) is 0 Å². The second-order valence-corrected chi connectivity index (χ2v) is 9.45. The van der Waals surface area contributed by atoms with Gasteiger partial charge < -0.3 is 0 Å². The predicted octanol–water partition coefficient (Wildman–Crippen LogP) is 3.32. The molecule has 2 amide bonds. The van der Waals surface area contributed by atoms with E-state index in [-0.39, 0.29) is 17.7 Å². The third-order valence-electron chi connectivity index (χ3n) is 5.07. The van der Waals surface area contributed by atoms with E-state index in [1.54, 1.807) is 0 Å². The van der Waals surface area contributed by atoms with Crippen LogP contribution in [0.2, 0.25) is 0 Å². The number of hydrogen-bond donors (Lipinski definition) is 2. The van der Waals surface area contributed by atoms with Crippen LogP contribution in [-0.2, 0) is 20.5 Å². The van der Waals surface area contributed by atoms with Gasteiger partial charge in [-0.15, -0.1) is 0 Å². The summed E-state index contributed by atoms with van der Waals surface area (Å²) in [6.07, 6.45) is 0.206. The van der Waals surface area contributed by atoms with Crippen LogP contribution < -0.4 is 10.6 Å². The van der Waals surface area contributed by atoms with Gasteiger partial charge in [-0.2, -0.15) is 5.26 Å². The van der Waals surface area contributed by atoms with Crippen LogP contribution in [0.4, 0.5) is 29.3 Å². The molecule has 1 saturated heterocycles. The van der Waals surface area contributed by atoms with E-state index >= 15 is 0 Å². The minimum atomic E-state index is -5.15.